The quantitative estimate of drug-likeness (QED) is 0.146. The van der Waals surface area contributed by atoms with E-state index in [-0.39, 0.29) is 23.8 Å². The smallest absolute Gasteiger partial charge is 0.264 e. The zero-order chi connectivity index (χ0) is 32.4. The van der Waals surface area contributed by atoms with Gasteiger partial charge in [-0.05, 0) is 66.4 Å². The SMILES string of the molecule is CCCCNC(=O)C(Cc1ccccc1)N(Cc1ccc(Cl)cc1Cl)C(=O)CN(c1cccc(C)c1)S(=O)(=O)c1ccccc1. The van der Waals surface area contributed by atoms with Gasteiger partial charge in [0, 0.05) is 29.6 Å². The summed E-state index contributed by atoms with van der Waals surface area (Å²) in [4.78, 5) is 29.8. The van der Waals surface area contributed by atoms with E-state index in [1.54, 1.807) is 54.6 Å². The summed E-state index contributed by atoms with van der Waals surface area (Å²) in [5.74, 6) is -0.896. The number of unbranched alkanes of at least 4 members (excludes halogenated alkanes) is 1. The van der Waals surface area contributed by atoms with Gasteiger partial charge in [0.05, 0.1) is 10.6 Å². The Bertz CT molecular complexity index is 1700. The van der Waals surface area contributed by atoms with Crippen molar-refractivity contribution in [2.75, 3.05) is 17.4 Å². The lowest BCUT2D eigenvalue weighted by Crippen LogP contribution is -2.53. The molecule has 0 fully saturated rings. The Hall–Kier alpha value is -3.85. The standard InChI is InChI=1S/C35H37Cl2N3O4S/c1-3-4-20-38-35(42)33(22-27-13-7-5-8-14-27)39(24-28-18-19-29(36)23-32(28)37)34(41)25-40(30-15-11-12-26(2)21-30)45(43,44)31-16-9-6-10-17-31/h5-19,21,23,33H,3-4,20,22,24-25H2,1-2H3,(H,38,42). The fourth-order valence-corrected chi connectivity index (χ4v) is 6.82. The van der Waals surface area contributed by atoms with Crippen LogP contribution in [0.15, 0.2) is 108 Å². The van der Waals surface area contributed by atoms with E-state index in [1.807, 2.05) is 50.2 Å². The van der Waals surface area contributed by atoms with Crippen molar-refractivity contribution >= 4 is 50.7 Å². The molecular weight excluding hydrogens is 629 g/mol. The molecule has 0 bridgehead atoms. The van der Waals surface area contributed by atoms with E-state index in [4.69, 9.17) is 23.2 Å². The number of anilines is 1. The van der Waals surface area contributed by atoms with Crippen LogP contribution in [0.5, 0.6) is 0 Å². The summed E-state index contributed by atoms with van der Waals surface area (Å²) in [6.45, 7) is 3.74. The van der Waals surface area contributed by atoms with Crippen molar-refractivity contribution < 1.29 is 18.0 Å². The molecule has 7 nitrogen and oxygen atoms in total. The number of amides is 2. The first-order chi connectivity index (χ1) is 21.6. The van der Waals surface area contributed by atoms with Crippen LogP contribution in [0, 0.1) is 6.92 Å². The molecule has 0 aromatic heterocycles. The molecule has 0 aliphatic carbocycles. The van der Waals surface area contributed by atoms with Crippen molar-refractivity contribution in [1.82, 2.24) is 10.2 Å². The van der Waals surface area contributed by atoms with Crippen LogP contribution in [0.25, 0.3) is 0 Å². The molecule has 0 aliphatic rings. The molecule has 4 aromatic carbocycles. The van der Waals surface area contributed by atoms with Crippen molar-refractivity contribution in [2.45, 2.75) is 50.6 Å². The number of halogens is 2. The molecule has 2 amide bonds. The zero-order valence-electron chi connectivity index (χ0n) is 25.3. The molecule has 0 saturated heterocycles. The molecule has 0 saturated carbocycles. The summed E-state index contributed by atoms with van der Waals surface area (Å²) in [5, 5.41) is 3.74. The summed E-state index contributed by atoms with van der Waals surface area (Å²) in [5.41, 5.74) is 2.58. The maximum Gasteiger partial charge on any atom is 0.264 e. The van der Waals surface area contributed by atoms with Gasteiger partial charge in [0.15, 0.2) is 0 Å². The molecule has 0 heterocycles. The topological polar surface area (TPSA) is 86.8 Å². The predicted octanol–water partition coefficient (Wildman–Crippen LogP) is 7.05. The molecule has 0 aliphatic heterocycles. The summed E-state index contributed by atoms with van der Waals surface area (Å²) < 4.78 is 29.2. The average molecular weight is 667 g/mol. The fourth-order valence-electron chi connectivity index (χ4n) is 4.93. The Balaban J connectivity index is 1.80. The minimum Gasteiger partial charge on any atom is -0.354 e. The van der Waals surface area contributed by atoms with E-state index in [2.05, 4.69) is 5.32 Å². The second-order valence-corrected chi connectivity index (χ2v) is 13.5. The highest BCUT2D eigenvalue weighted by atomic mass is 35.5. The molecule has 4 aromatic rings. The average Bonchev–Trinajstić information content (AvgIpc) is 3.03. The third kappa shape index (κ3) is 9.10. The molecule has 0 radical (unpaired) electrons. The number of aryl methyl sites for hydroxylation is 1. The predicted molar refractivity (Wildman–Crippen MR) is 181 cm³/mol. The number of sulfonamides is 1. The van der Waals surface area contributed by atoms with Gasteiger partial charge in [-0.3, -0.25) is 13.9 Å². The zero-order valence-corrected chi connectivity index (χ0v) is 27.7. The van der Waals surface area contributed by atoms with Crippen LogP contribution >= 0.6 is 23.2 Å². The fraction of sp³-hybridized carbons (Fsp3) is 0.257. The number of carbonyl (C=O) groups excluding carboxylic acids is 2. The normalized spacial score (nSPS) is 11.9. The van der Waals surface area contributed by atoms with Crippen molar-refractivity contribution in [3.05, 3.63) is 130 Å². The lowest BCUT2D eigenvalue weighted by Gasteiger charge is -2.34. The summed E-state index contributed by atoms with van der Waals surface area (Å²) >= 11 is 12.7. The number of carbonyl (C=O) groups is 2. The van der Waals surface area contributed by atoms with Gasteiger partial charge in [0.1, 0.15) is 12.6 Å². The first-order valence-corrected chi connectivity index (χ1v) is 17.0. The van der Waals surface area contributed by atoms with Gasteiger partial charge in [-0.2, -0.15) is 0 Å². The van der Waals surface area contributed by atoms with E-state index in [9.17, 15) is 18.0 Å². The number of benzene rings is 4. The maximum absolute atomic E-state index is 14.5. The minimum absolute atomic E-state index is 0.0411. The van der Waals surface area contributed by atoms with E-state index in [1.165, 1.54) is 17.0 Å². The van der Waals surface area contributed by atoms with Crippen LogP contribution in [-0.2, 0) is 32.6 Å². The minimum atomic E-state index is -4.17. The first kappa shape index (κ1) is 34.0. The highest BCUT2D eigenvalue weighted by molar-refractivity contribution is 7.92. The van der Waals surface area contributed by atoms with Crippen molar-refractivity contribution in [2.24, 2.45) is 0 Å². The Kier molecular flexibility index (Phi) is 12.0. The van der Waals surface area contributed by atoms with Crippen LogP contribution in [-0.4, -0.2) is 44.3 Å². The second kappa shape index (κ2) is 15.9. The molecule has 1 N–H and O–H groups in total. The number of rotatable bonds is 14. The summed E-state index contributed by atoms with van der Waals surface area (Å²) in [6, 6.07) is 28.3. The molecule has 236 valence electrons. The number of nitrogens with one attached hydrogen (secondary N) is 1. The van der Waals surface area contributed by atoms with Crippen LogP contribution in [0.2, 0.25) is 10.0 Å². The van der Waals surface area contributed by atoms with E-state index in [0.717, 1.165) is 28.3 Å². The molecule has 45 heavy (non-hydrogen) atoms. The Morgan fingerprint density at radius 3 is 2.20 bits per heavy atom. The Morgan fingerprint density at radius 1 is 0.867 bits per heavy atom. The Labute approximate surface area is 275 Å². The van der Waals surface area contributed by atoms with E-state index >= 15 is 0 Å². The van der Waals surface area contributed by atoms with Crippen molar-refractivity contribution in [1.29, 1.82) is 0 Å². The third-order valence-corrected chi connectivity index (χ3v) is 9.73. The maximum atomic E-state index is 14.5. The van der Waals surface area contributed by atoms with Gasteiger partial charge in [0.2, 0.25) is 11.8 Å². The van der Waals surface area contributed by atoms with Crippen LogP contribution in [0.3, 0.4) is 0 Å². The number of hydrogen-bond acceptors (Lipinski definition) is 4. The monoisotopic (exact) mass is 665 g/mol. The molecule has 0 spiro atoms. The summed E-state index contributed by atoms with van der Waals surface area (Å²) in [6.07, 6.45) is 1.87. The van der Waals surface area contributed by atoms with Gasteiger partial charge >= 0.3 is 0 Å². The van der Waals surface area contributed by atoms with Gasteiger partial charge in [-0.15, -0.1) is 0 Å². The first-order valence-electron chi connectivity index (χ1n) is 14.8. The number of nitrogens with zero attached hydrogens (tertiary/aromatic N) is 2. The van der Waals surface area contributed by atoms with Gasteiger partial charge < -0.3 is 10.2 Å². The van der Waals surface area contributed by atoms with Crippen LogP contribution in [0.1, 0.15) is 36.5 Å². The van der Waals surface area contributed by atoms with E-state index < -0.39 is 28.5 Å². The Morgan fingerprint density at radius 2 is 1.56 bits per heavy atom. The molecule has 1 unspecified atom stereocenters. The molecule has 4 rings (SSSR count). The summed E-state index contributed by atoms with van der Waals surface area (Å²) in [7, 11) is -4.17. The molecular formula is C35H37Cl2N3O4S. The van der Waals surface area contributed by atoms with Crippen molar-refractivity contribution in [3.63, 3.8) is 0 Å². The lowest BCUT2D eigenvalue weighted by atomic mass is 10.0. The second-order valence-electron chi connectivity index (χ2n) is 10.8. The van der Waals surface area contributed by atoms with E-state index in [0.29, 0.717) is 27.8 Å². The third-order valence-electron chi connectivity index (χ3n) is 7.36. The van der Waals surface area contributed by atoms with Gasteiger partial charge in [0.25, 0.3) is 10.0 Å². The van der Waals surface area contributed by atoms with Gasteiger partial charge in [-0.25, -0.2) is 8.42 Å². The highest BCUT2D eigenvalue weighted by Crippen LogP contribution is 2.27. The van der Waals surface area contributed by atoms with Crippen LogP contribution < -0.4 is 9.62 Å². The highest BCUT2D eigenvalue weighted by Gasteiger charge is 2.34. The largest absolute Gasteiger partial charge is 0.354 e. The molecule has 1 atom stereocenters. The number of hydrogen-bond donors (Lipinski definition) is 1. The van der Waals surface area contributed by atoms with Gasteiger partial charge in [-0.1, -0.05) is 103 Å². The molecule has 10 heteroatoms. The lowest BCUT2D eigenvalue weighted by molar-refractivity contribution is -0.140. The van der Waals surface area contributed by atoms with Crippen LogP contribution in [0.4, 0.5) is 5.69 Å². The van der Waals surface area contributed by atoms with Crippen molar-refractivity contribution in [3.8, 4) is 0 Å².